The zero-order chi connectivity index (χ0) is 15.4. The van der Waals surface area contributed by atoms with Gasteiger partial charge in [-0.1, -0.05) is 18.2 Å². The van der Waals surface area contributed by atoms with Crippen LogP contribution in [0, 0.1) is 0 Å². The standard InChI is InChI=1S/C18H23N3O/c1-22-17-8-6-16(7-9-17)21-12-10-20(11-13-21)14-15-4-2-3-5-18(15)19/h2-9H,10-14,19H2,1H3. The second kappa shape index (κ2) is 6.71. The maximum Gasteiger partial charge on any atom is 0.119 e. The van der Waals surface area contributed by atoms with E-state index in [2.05, 4.69) is 34.1 Å². The molecule has 1 heterocycles. The van der Waals surface area contributed by atoms with E-state index in [4.69, 9.17) is 10.5 Å². The van der Waals surface area contributed by atoms with Gasteiger partial charge in [0.1, 0.15) is 5.75 Å². The van der Waals surface area contributed by atoms with Gasteiger partial charge in [-0.3, -0.25) is 4.90 Å². The Labute approximate surface area is 132 Å². The quantitative estimate of drug-likeness (QED) is 0.881. The molecule has 2 aromatic carbocycles. The minimum atomic E-state index is 0.889. The fourth-order valence-electron chi connectivity index (χ4n) is 2.88. The second-order valence-corrected chi connectivity index (χ2v) is 5.66. The van der Waals surface area contributed by atoms with E-state index in [1.54, 1.807) is 7.11 Å². The van der Waals surface area contributed by atoms with Crippen molar-refractivity contribution < 1.29 is 4.74 Å². The zero-order valence-corrected chi connectivity index (χ0v) is 13.0. The Morgan fingerprint density at radius 3 is 2.27 bits per heavy atom. The van der Waals surface area contributed by atoms with Gasteiger partial charge in [0.2, 0.25) is 0 Å². The van der Waals surface area contributed by atoms with Crippen LogP contribution in [-0.4, -0.2) is 38.2 Å². The van der Waals surface area contributed by atoms with E-state index in [9.17, 15) is 0 Å². The lowest BCUT2D eigenvalue weighted by Gasteiger charge is -2.36. The van der Waals surface area contributed by atoms with Crippen LogP contribution in [0.1, 0.15) is 5.56 Å². The van der Waals surface area contributed by atoms with Crippen LogP contribution < -0.4 is 15.4 Å². The van der Waals surface area contributed by atoms with E-state index in [1.807, 2.05) is 24.3 Å². The minimum absolute atomic E-state index is 0.889. The summed E-state index contributed by atoms with van der Waals surface area (Å²) in [4.78, 5) is 4.88. The van der Waals surface area contributed by atoms with Gasteiger partial charge < -0.3 is 15.4 Å². The molecule has 0 unspecified atom stereocenters. The fourth-order valence-corrected chi connectivity index (χ4v) is 2.88. The normalized spacial score (nSPS) is 15.8. The first-order chi connectivity index (χ1) is 10.8. The highest BCUT2D eigenvalue weighted by molar-refractivity contribution is 5.50. The third-order valence-corrected chi connectivity index (χ3v) is 4.26. The van der Waals surface area contributed by atoms with Crippen LogP contribution in [0.15, 0.2) is 48.5 Å². The molecule has 1 aliphatic rings. The van der Waals surface area contributed by atoms with Gasteiger partial charge in [0.05, 0.1) is 7.11 Å². The summed E-state index contributed by atoms with van der Waals surface area (Å²) in [5.74, 6) is 0.905. The summed E-state index contributed by atoms with van der Waals surface area (Å²) in [7, 11) is 1.70. The lowest BCUT2D eigenvalue weighted by atomic mass is 10.1. The van der Waals surface area contributed by atoms with E-state index in [0.717, 1.165) is 44.2 Å². The topological polar surface area (TPSA) is 41.7 Å². The molecule has 22 heavy (non-hydrogen) atoms. The van der Waals surface area contributed by atoms with E-state index in [1.165, 1.54) is 11.3 Å². The Balaban J connectivity index is 1.57. The Hall–Kier alpha value is -2.20. The number of piperazine rings is 1. The van der Waals surface area contributed by atoms with Crippen LogP contribution in [-0.2, 0) is 6.54 Å². The fraction of sp³-hybridized carbons (Fsp3) is 0.333. The number of methoxy groups -OCH3 is 1. The number of hydrogen-bond donors (Lipinski definition) is 1. The van der Waals surface area contributed by atoms with E-state index in [0.29, 0.717) is 0 Å². The molecule has 0 saturated carbocycles. The van der Waals surface area contributed by atoms with Gasteiger partial charge in [-0.2, -0.15) is 0 Å². The Morgan fingerprint density at radius 1 is 0.955 bits per heavy atom. The van der Waals surface area contributed by atoms with Crippen LogP contribution in [0.5, 0.6) is 5.75 Å². The summed E-state index contributed by atoms with van der Waals surface area (Å²) >= 11 is 0. The summed E-state index contributed by atoms with van der Waals surface area (Å²) in [6.45, 7) is 5.13. The molecule has 2 aromatic rings. The maximum atomic E-state index is 6.03. The highest BCUT2D eigenvalue weighted by Crippen LogP contribution is 2.21. The van der Waals surface area contributed by atoms with Crippen LogP contribution in [0.3, 0.4) is 0 Å². The first-order valence-electron chi connectivity index (χ1n) is 7.71. The summed E-state index contributed by atoms with van der Waals surface area (Å²) in [6, 6.07) is 16.4. The molecule has 0 aliphatic carbocycles. The van der Waals surface area contributed by atoms with Gasteiger partial charge in [0.15, 0.2) is 0 Å². The predicted molar refractivity (Wildman–Crippen MR) is 91.3 cm³/mol. The molecule has 4 nitrogen and oxygen atoms in total. The molecule has 0 bridgehead atoms. The van der Waals surface area contributed by atoms with Gasteiger partial charge in [0.25, 0.3) is 0 Å². The van der Waals surface area contributed by atoms with Crippen molar-refractivity contribution in [3.05, 3.63) is 54.1 Å². The summed E-state index contributed by atoms with van der Waals surface area (Å²) in [5.41, 5.74) is 9.41. The largest absolute Gasteiger partial charge is 0.497 e. The molecule has 3 rings (SSSR count). The van der Waals surface area contributed by atoms with Crippen molar-refractivity contribution in [3.63, 3.8) is 0 Å². The average molecular weight is 297 g/mol. The molecule has 1 fully saturated rings. The lowest BCUT2D eigenvalue weighted by molar-refractivity contribution is 0.250. The summed E-state index contributed by atoms with van der Waals surface area (Å²) in [5, 5.41) is 0. The SMILES string of the molecule is COc1ccc(N2CCN(Cc3ccccc3N)CC2)cc1. The number of nitrogen functional groups attached to an aromatic ring is 1. The van der Waals surface area contributed by atoms with Gasteiger partial charge in [-0.15, -0.1) is 0 Å². The van der Waals surface area contributed by atoms with Crippen LogP contribution in [0.4, 0.5) is 11.4 Å². The van der Waals surface area contributed by atoms with Gasteiger partial charge >= 0.3 is 0 Å². The van der Waals surface area contributed by atoms with E-state index < -0.39 is 0 Å². The first-order valence-corrected chi connectivity index (χ1v) is 7.71. The number of nitrogens with zero attached hydrogens (tertiary/aromatic N) is 2. The third kappa shape index (κ3) is 3.34. The lowest BCUT2D eigenvalue weighted by Crippen LogP contribution is -2.46. The monoisotopic (exact) mass is 297 g/mol. The van der Waals surface area contributed by atoms with E-state index in [-0.39, 0.29) is 0 Å². The number of nitrogens with two attached hydrogens (primary N) is 1. The molecule has 2 N–H and O–H groups in total. The van der Waals surface area contributed by atoms with Crippen molar-refractivity contribution in [2.75, 3.05) is 43.9 Å². The summed E-state index contributed by atoms with van der Waals surface area (Å²) < 4.78 is 5.21. The van der Waals surface area contributed by atoms with E-state index >= 15 is 0 Å². The average Bonchev–Trinajstić information content (AvgIpc) is 2.58. The van der Waals surface area contributed by atoms with Crippen molar-refractivity contribution in [3.8, 4) is 5.75 Å². The molecule has 4 heteroatoms. The molecule has 1 saturated heterocycles. The van der Waals surface area contributed by atoms with Crippen LogP contribution in [0.25, 0.3) is 0 Å². The Morgan fingerprint density at radius 2 is 1.64 bits per heavy atom. The minimum Gasteiger partial charge on any atom is -0.497 e. The van der Waals surface area contributed by atoms with Gasteiger partial charge in [0, 0.05) is 44.1 Å². The van der Waals surface area contributed by atoms with Gasteiger partial charge in [-0.25, -0.2) is 0 Å². The number of ether oxygens (including phenoxy) is 1. The number of rotatable bonds is 4. The van der Waals surface area contributed by atoms with Crippen molar-refractivity contribution in [1.82, 2.24) is 4.90 Å². The predicted octanol–water partition coefficient (Wildman–Crippen LogP) is 2.60. The Kier molecular flexibility index (Phi) is 4.49. The number of para-hydroxylation sites is 1. The molecule has 0 atom stereocenters. The number of benzene rings is 2. The molecular weight excluding hydrogens is 274 g/mol. The van der Waals surface area contributed by atoms with Crippen molar-refractivity contribution >= 4 is 11.4 Å². The molecule has 0 amide bonds. The Bertz CT molecular complexity index is 604. The molecule has 0 aromatic heterocycles. The molecule has 116 valence electrons. The highest BCUT2D eigenvalue weighted by atomic mass is 16.5. The number of anilines is 2. The molecule has 0 spiro atoms. The van der Waals surface area contributed by atoms with Crippen molar-refractivity contribution in [2.45, 2.75) is 6.54 Å². The maximum absolute atomic E-state index is 6.03. The summed E-state index contributed by atoms with van der Waals surface area (Å²) in [6.07, 6.45) is 0. The smallest absolute Gasteiger partial charge is 0.119 e. The first kappa shape index (κ1) is 14.7. The molecule has 0 radical (unpaired) electrons. The highest BCUT2D eigenvalue weighted by Gasteiger charge is 2.17. The van der Waals surface area contributed by atoms with Crippen LogP contribution >= 0.6 is 0 Å². The molecular formula is C18H23N3O. The van der Waals surface area contributed by atoms with Crippen LogP contribution in [0.2, 0.25) is 0 Å². The van der Waals surface area contributed by atoms with Crippen molar-refractivity contribution in [2.24, 2.45) is 0 Å². The number of hydrogen-bond acceptors (Lipinski definition) is 4. The molecule has 1 aliphatic heterocycles. The zero-order valence-electron chi connectivity index (χ0n) is 13.0. The third-order valence-electron chi connectivity index (χ3n) is 4.26. The van der Waals surface area contributed by atoms with Crippen molar-refractivity contribution in [1.29, 1.82) is 0 Å². The second-order valence-electron chi connectivity index (χ2n) is 5.66. The van der Waals surface area contributed by atoms with Gasteiger partial charge in [-0.05, 0) is 35.9 Å².